The molecule has 1 N–H and O–H groups in total. The van der Waals surface area contributed by atoms with Crippen molar-refractivity contribution >= 4 is 0 Å². The molecule has 1 fully saturated rings. The zero-order valence-corrected chi connectivity index (χ0v) is 10.6. The van der Waals surface area contributed by atoms with E-state index >= 15 is 0 Å². The lowest BCUT2D eigenvalue weighted by Gasteiger charge is -2.36. The topological polar surface area (TPSA) is 15.3 Å². The lowest BCUT2D eigenvalue weighted by Crippen LogP contribution is -2.46. The molecule has 1 aliphatic heterocycles. The molecule has 1 aromatic carbocycles. The number of benzene rings is 1. The van der Waals surface area contributed by atoms with Crippen LogP contribution in [0.3, 0.4) is 0 Å². The third-order valence-electron chi connectivity index (χ3n) is 3.47. The standard InChI is InChI=1S/C14H21FN2/c1-3-16-14-8-12(9-17(2)10-14)11-4-6-13(15)7-5-11/h4-7,12,14,16H,3,8-10H2,1-2H3. The highest BCUT2D eigenvalue weighted by Crippen LogP contribution is 2.26. The number of halogens is 1. The van der Waals surface area contributed by atoms with E-state index in [1.165, 1.54) is 5.56 Å². The zero-order chi connectivity index (χ0) is 12.3. The van der Waals surface area contributed by atoms with Crippen molar-refractivity contribution in [1.82, 2.24) is 10.2 Å². The van der Waals surface area contributed by atoms with Gasteiger partial charge in [0, 0.05) is 19.1 Å². The van der Waals surface area contributed by atoms with Crippen molar-refractivity contribution in [3.63, 3.8) is 0 Å². The molecule has 2 unspecified atom stereocenters. The summed E-state index contributed by atoms with van der Waals surface area (Å²) >= 11 is 0. The van der Waals surface area contributed by atoms with Gasteiger partial charge < -0.3 is 10.2 Å². The minimum Gasteiger partial charge on any atom is -0.313 e. The second-order valence-corrected chi connectivity index (χ2v) is 4.96. The molecule has 2 rings (SSSR count). The van der Waals surface area contributed by atoms with Gasteiger partial charge >= 0.3 is 0 Å². The van der Waals surface area contributed by atoms with E-state index in [0.29, 0.717) is 12.0 Å². The maximum atomic E-state index is 12.9. The van der Waals surface area contributed by atoms with Crippen molar-refractivity contribution in [2.75, 3.05) is 26.7 Å². The summed E-state index contributed by atoms with van der Waals surface area (Å²) < 4.78 is 12.9. The van der Waals surface area contributed by atoms with Crippen molar-refractivity contribution in [3.05, 3.63) is 35.6 Å². The Kier molecular flexibility index (Phi) is 4.13. The molecular formula is C14H21FN2. The molecule has 1 aromatic rings. The number of likely N-dealkylation sites (N-methyl/N-ethyl adjacent to an activating group) is 2. The first kappa shape index (κ1) is 12.5. The average Bonchev–Trinajstić information content (AvgIpc) is 2.29. The van der Waals surface area contributed by atoms with E-state index in [2.05, 4.69) is 24.2 Å². The molecule has 0 bridgehead atoms. The molecule has 0 aliphatic carbocycles. The molecule has 1 aliphatic rings. The molecule has 2 atom stereocenters. The molecule has 1 heterocycles. The molecule has 94 valence electrons. The van der Waals surface area contributed by atoms with Crippen LogP contribution < -0.4 is 5.32 Å². The van der Waals surface area contributed by atoms with Gasteiger partial charge in [0.2, 0.25) is 0 Å². The number of nitrogens with zero attached hydrogens (tertiary/aromatic N) is 1. The fraction of sp³-hybridized carbons (Fsp3) is 0.571. The maximum Gasteiger partial charge on any atom is 0.123 e. The van der Waals surface area contributed by atoms with Crippen LogP contribution >= 0.6 is 0 Å². The minimum absolute atomic E-state index is 0.152. The van der Waals surface area contributed by atoms with E-state index in [-0.39, 0.29) is 5.82 Å². The van der Waals surface area contributed by atoms with E-state index in [1.54, 1.807) is 12.1 Å². The Morgan fingerprint density at radius 2 is 2.00 bits per heavy atom. The molecule has 2 nitrogen and oxygen atoms in total. The Labute approximate surface area is 103 Å². The van der Waals surface area contributed by atoms with Gasteiger partial charge in [0.05, 0.1) is 0 Å². The van der Waals surface area contributed by atoms with Crippen molar-refractivity contribution in [2.24, 2.45) is 0 Å². The number of rotatable bonds is 3. The SMILES string of the molecule is CCNC1CC(c2ccc(F)cc2)CN(C)C1. The predicted octanol–water partition coefficient (Wildman–Crippen LogP) is 2.22. The van der Waals surface area contributed by atoms with Crippen molar-refractivity contribution in [1.29, 1.82) is 0 Å². The number of nitrogens with one attached hydrogen (secondary N) is 1. The van der Waals surface area contributed by atoms with Crippen molar-refractivity contribution in [2.45, 2.75) is 25.3 Å². The fourth-order valence-electron chi connectivity index (χ4n) is 2.73. The molecule has 0 aromatic heterocycles. The van der Waals surface area contributed by atoms with E-state index in [1.807, 2.05) is 12.1 Å². The van der Waals surface area contributed by atoms with Crippen LogP contribution in [0.1, 0.15) is 24.8 Å². The minimum atomic E-state index is -0.152. The summed E-state index contributed by atoms with van der Waals surface area (Å²) in [5.74, 6) is 0.361. The number of likely N-dealkylation sites (tertiary alicyclic amines) is 1. The van der Waals surface area contributed by atoms with Gasteiger partial charge in [-0.15, -0.1) is 0 Å². The lowest BCUT2D eigenvalue weighted by atomic mass is 9.88. The highest BCUT2D eigenvalue weighted by molar-refractivity contribution is 5.21. The van der Waals surface area contributed by atoms with Crippen LogP contribution in [-0.2, 0) is 0 Å². The number of piperidine rings is 1. The molecule has 0 spiro atoms. The Morgan fingerprint density at radius 3 is 2.65 bits per heavy atom. The highest BCUT2D eigenvalue weighted by atomic mass is 19.1. The molecule has 17 heavy (non-hydrogen) atoms. The van der Waals surface area contributed by atoms with Crippen molar-refractivity contribution < 1.29 is 4.39 Å². The summed E-state index contributed by atoms with van der Waals surface area (Å²) in [6.45, 7) is 5.31. The third-order valence-corrected chi connectivity index (χ3v) is 3.47. The molecular weight excluding hydrogens is 215 g/mol. The Morgan fingerprint density at radius 1 is 1.29 bits per heavy atom. The van der Waals surface area contributed by atoms with E-state index in [9.17, 15) is 4.39 Å². The Bertz CT molecular complexity index is 350. The smallest absolute Gasteiger partial charge is 0.123 e. The molecule has 0 amide bonds. The summed E-state index contributed by atoms with van der Waals surface area (Å²) in [7, 11) is 2.15. The summed E-state index contributed by atoms with van der Waals surface area (Å²) in [5, 5.41) is 3.51. The summed E-state index contributed by atoms with van der Waals surface area (Å²) in [5.41, 5.74) is 1.25. The van der Waals surface area contributed by atoms with E-state index in [4.69, 9.17) is 0 Å². The van der Waals surface area contributed by atoms with E-state index in [0.717, 1.165) is 26.1 Å². The van der Waals surface area contributed by atoms with Gasteiger partial charge in [-0.25, -0.2) is 4.39 Å². The Balaban J connectivity index is 2.06. The number of hydrogen-bond acceptors (Lipinski definition) is 2. The molecule has 3 heteroatoms. The first-order chi connectivity index (χ1) is 8.19. The summed E-state index contributed by atoms with van der Waals surface area (Å²) in [6.07, 6.45) is 1.14. The second-order valence-electron chi connectivity index (χ2n) is 4.96. The average molecular weight is 236 g/mol. The molecule has 1 saturated heterocycles. The van der Waals surface area contributed by atoms with Gasteiger partial charge in [0.1, 0.15) is 5.82 Å². The summed E-state index contributed by atoms with van der Waals surface area (Å²) in [6, 6.07) is 7.51. The van der Waals surface area contributed by atoms with Gasteiger partial charge in [-0.2, -0.15) is 0 Å². The van der Waals surface area contributed by atoms with Crippen LogP contribution in [0.5, 0.6) is 0 Å². The van der Waals surface area contributed by atoms with E-state index < -0.39 is 0 Å². The fourth-order valence-corrected chi connectivity index (χ4v) is 2.73. The number of hydrogen-bond donors (Lipinski definition) is 1. The predicted molar refractivity (Wildman–Crippen MR) is 68.7 cm³/mol. The first-order valence-corrected chi connectivity index (χ1v) is 6.36. The summed E-state index contributed by atoms with van der Waals surface area (Å²) in [4.78, 5) is 2.35. The highest BCUT2D eigenvalue weighted by Gasteiger charge is 2.25. The van der Waals surface area contributed by atoms with Crippen LogP contribution in [0.25, 0.3) is 0 Å². The van der Waals surface area contributed by atoms with Crippen molar-refractivity contribution in [3.8, 4) is 0 Å². The van der Waals surface area contributed by atoms with Gasteiger partial charge in [-0.05, 0) is 43.6 Å². The van der Waals surface area contributed by atoms with Gasteiger partial charge in [0.25, 0.3) is 0 Å². The van der Waals surface area contributed by atoms with Gasteiger partial charge in [-0.3, -0.25) is 0 Å². The lowest BCUT2D eigenvalue weighted by molar-refractivity contribution is 0.206. The first-order valence-electron chi connectivity index (χ1n) is 6.36. The molecule has 0 radical (unpaired) electrons. The van der Waals surface area contributed by atoms with Crippen LogP contribution in [0, 0.1) is 5.82 Å². The van der Waals surface area contributed by atoms with Crippen LogP contribution in [0.2, 0.25) is 0 Å². The maximum absolute atomic E-state index is 12.9. The van der Waals surface area contributed by atoms with Crippen LogP contribution in [-0.4, -0.2) is 37.6 Å². The van der Waals surface area contributed by atoms with Gasteiger partial charge in [-0.1, -0.05) is 19.1 Å². The van der Waals surface area contributed by atoms with Crippen LogP contribution in [0.4, 0.5) is 4.39 Å². The Hall–Kier alpha value is -0.930. The van der Waals surface area contributed by atoms with Crippen LogP contribution in [0.15, 0.2) is 24.3 Å². The monoisotopic (exact) mass is 236 g/mol. The molecule has 0 saturated carbocycles. The zero-order valence-electron chi connectivity index (χ0n) is 10.6. The largest absolute Gasteiger partial charge is 0.313 e. The normalized spacial score (nSPS) is 26.1. The second kappa shape index (κ2) is 5.61. The third kappa shape index (κ3) is 3.27. The van der Waals surface area contributed by atoms with Gasteiger partial charge in [0.15, 0.2) is 0 Å². The quantitative estimate of drug-likeness (QED) is 0.865.